The molecule has 49 heavy (non-hydrogen) atoms. The van der Waals surface area contributed by atoms with Crippen molar-refractivity contribution in [2.45, 2.75) is 67.7 Å². The second-order valence-electron chi connectivity index (χ2n) is 11.2. The highest BCUT2D eigenvalue weighted by Crippen LogP contribution is 2.31. The molecule has 15 heteroatoms. The Hall–Kier alpha value is -4.63. The van der Waals surface area contributed by atoms with Gasteiger partial charge in [-0.05, 0) is 61.1 Å². The lowest BCUT2D eigenvalue weighted by atomic mass is 9.84. The van der Waals surface area contributed by atoms with Crippen LogP contribution in [-0.4, -0.2) is 75.8 Å². The summed E-state index contributed by atoms with van der Waals surface area (Å²) < 4.78 is 81.0. The third-order valence-corrected chi connectivity index (χ3v) is 9.75. The lowest BCUT2D eigenvalue weighted by Gasteiger charge is -2.31. The largest absolute Gasteiger partial charge is 0.468 e. The minimum Gasteiger partial charge on any atom is -0.468 e. The molecule has 3 aromatic carbocycles. The average molecular weight is 707 g/mol. The number of rotatable bonds is 16. The molecule has 0 saturated heterocycles. The highest BCUT2D eigenvalue weighted by atomic mass is 32.2. The van der Waals surface area contributed by atoms with Crippen molar-refractivity contribution in [1.82, 2.24) is 14.9 Å². The molecular formula is C34H41F3N4O7S. The van der Waals surface area contributed by atoms with Crippen molar-refractivity contribution in [3.8, 4) is 0 Å². The Labute approximate surface area is 284 Å². The SMILES string of the molecule is CCCN([C@@H](CCCC(NC(=O)C(NC(=O)OC)C(c1ccccc1)c1ccccc1)C(F)(F)F)C(=O)OC)S(=O)(=O)c1ccc(N)cc1. The molecule has 266 valence electrons. The number of nitrogens with one attached hydrogen (secondary N) is 2. The van der Waals surface area contributed by atoms with Crippen LogP contribution in [0.15, 0.2) is 89.8 Å². The zero-order valence-corrected chi connectivity index (χ0v) is 28.2. The smallest absolute Gasteiger partial charge is 0.408 e. The highest BCUT2D eigenvalue weighted by Gasteiger charge is 2.44. The molecule has 0 fully saturated rings. The van der Waals surface area contributed by atoms with E-state index in [2.05, 4.69) is 5.32 Å². The molecule has 11 nitrogen and oxygen atoms in total. The van der Waals surface area contributed by atoms with E-state index in [1.54, 1.807) is 67.6 Å². The van der Waals surface area contributed by atoms with Crippen LogP contribution in [-0.2, 0) is 29.1 Å². The summed E-state index contributed by atoms with van der Waals surface area (Å²) in [5.74, 6) is -2.98. The number of ether oxygens (including phenoxy) is 2. The van der Waals surface area contributed by atoms with E-state index in [1.165, 1.54) is 24.3 Å². The van der Waals surface area contributed by atoms with Crippen LogP contribution in [0.4, 0.5) is 23.7 Å². The number of alkyl carbamates (subject to hydrolysis) is 1. The number of amides is 2. The van der Waals surface area contributed by atoms with E-state index < -0.39 is 64.6 Å². The maximum absolute atomic E-state index is 14.5. The van der Waals surface area contributed by atoms with Crippen molar-refractivity contribution in [2.75, 3.05) is 26.5 Å². The Morgan fingerprint density at radius 2 is 1.39 bits per heavy atom. The van der Waals surface area contributed by atoms with Crippen molar-refractivity contribution in [2.24, 2.45) is 0 Å². The van der Waals surface area contributed by atoms with Gasteiger partial charge in [-0.3, -0.25) is 9.59 Å². The number of nitrogen functional groups attached to an aromatic ring is 1. The normalized spacial score (nSPS) is 13.7. The molecule has 4 N–H and O–H groups in total. The fraction of sp³-hybridized carbons (Fsp3) is 0.382. The summed E-state index contributed by atoms with van der Waals surface area (Å²) in [6, 6.07) is 16.9. The number of halogens is 3. The first-order chi connectivity index (χ1) is 23.2. The summed E-state index contributed by atoms with van der Waals surface area (Å²) in [5.41, 5.74) is 7.10. The molecule has 2 amide bonds. The number of esters is 1. The summed E-state index contributed by atoms with van der Waals surface area (Å²) in [7, 11) is -2.17. The van der Waals surface area contributed by atoms with Crippen LogP contribution in [0.25, 0.3) is 0 Å². The lowest BCUT2D eigenvalue weighted by Crippen LogP contribution is -2.55. The lowest BCUT2D eigenvalue weighted by molar-refractivity contribution is -0.164. The van der Waals surface area contributed by atoms with Gasteiger partial charge in [0, 0.05) is 18.2 Å². The van der Waals surface area contributed by atoms with Gasteiger partial charge in [0.05, 0.1) is 19.1 Å². The van der Waals surface area contributed by atoms with Gasteiger partial charge in [0.15, 0.2) is 0 Å². The van der Waals surface area contributed by atoms with Crippen molar-refractivity contribution in [3.05, 3.63) is 96.1 Å². The van der Waals surface area contributed by atoms with Crippen LogP contribution in [0.5, 0.6) is 0 Å². The number of nitrogens with two attached hydrogens (primary N) is 1. The van der Waals surface area contributed by atoms with Gasteiger partial charge < -0.3 is 25.8 Å². The van der Waals surface area contributed by atoms with Crippen LogP contribution < -0.4 is 16.4 Å². The third kappa shape index (κ3) is 10.4. The van der Waals surface area contributed by atoms with Crippen molar-refractivity contribution >= 4 is 33.7 Å². The van der Waals surface area contributed by atoms with Crippen molar-refractivity contribution < 1.29 is 45.4 Å². The Morgan fingerprint density at radius 1 is 0.837 bits per heavy atom. The van der Waals surface area contributed by atoms with Crippen LogP contribution in [0.3, 0.4) is 0 Å². The molecule has 0 spiro atoms. The van der Waals surface area contributed by atoms with Gasteiger partial charge in [0.25, 0.3) is 0 Å². The summed E-state index contributed by atoms with van der Waals surface area (Å²) in [6.07, 6.45) is -7.07. The number of carbonyl (C=O) groups excluding carboxylic acids is 3. The van der Waals surface area contributed by atoms with Gasteiger partial charge in [-0.25, -0.2) is 13.2 Å². The monoisotopic (exact) mass is 706 g/mol. The predicted octanol–water partition coefficient (Wildman–Crippen LogP) is 4.99. The van der Waals surface area contributed by atoms with Crippen LogP contribution >= 0.6 is 0 Å². The molecule has 0 aliphatic heterocycles. The Kier molecular flexibility index (Phi) is 14.0. The maximum Gasteiger partial charge on any atom is 0.408 e. The molecule has 0 bridgehead atoms. The summed E-state index contributed by atoms with van der Waals surface area (Å²) in [4.78, 5) is 38.9. The van der Waals surface area contributed by atoms with E-state index in [4.69, 9.17) is 15.2 Å². The quantitative estimate of drug-likeness (QED) is 0.139. The molecule has 3 rings (SSSR count). The zero-order valence-electron chi connectivity index (χ0n) is 27.4. The van der Waals surface area contributed by atoms with Crippen LogP contribution in [0.2, 0.25) is 0 Å². The summed E-state index contributed by atoms with van der Waals surface area (Å²) in [5, 5.41) is 4.44. The maximum atomic E-state index is 14.5. The number of benzene rings is 3. The number of hydrogen-bond acceptors (Lipinski definition) is 8. The molecule has 3 atom stereocenters. The van der Waals surface area contributed by atoms with E-state index in [1.807, 2.05) is 5.32 Å². The molecule has 0 aliphatic carbocycles. The number of alkyl halides is 3. The number of carbonyl (C=O) groups is 3. The predicted molar refractivity (Wildman–Crippen MR) is 177 cm³/mol. The fourth-order valence-corrected chi connectivity index (χ4v) is 7.13. The molecule has 2 unspecified atom stereocenters. The third-order valence-electron chi connectivity index (χ3n) is 7.83. The number of anilines is 1. The Bertz CT molecular complexity index is 1590. The molecule has 0 aliphatic rings. The van der Waals surface area contributed by atoms with Gasteiger partial charge in [0.1, 0.15) is 18.1 Å². The molecular weight excluding hydrogens is 665 g/mol. The molecule has 0 saturated carbocycles. The van der Waals surface area contributed by atoms with E-state index in [-0.39, 0.29) is 24.3 Å². The highest BCUT2D eigenvalue weighted by molar-refractivity contribution is 7.89. The van der Waals surface area contributed by atoms with Gasteiger partial charge in [-0.1, -0.05) is 67.6 Å². The minimum absolute atomic E-state index is 0.118. The number of hydrogen-bond donors (Lipinski definition) is 3. The first-order valence-corrected chi connectivity index (χ1v) is 16.9. The standard InChI is InChI=1S/C34H41F3N4O7S/c1-4-22-41(49(45,46)26-20-18-25(38)19-21-26)27(32(43)47-2)16-11-17-28(34(35,36)37)39-31(42)30(40-33(44)48-3)29(23-12-7-5-8-13-23)24-14-9-6-10-15-24/h5-10,12-15,18-21,27-30H,4,11,16-17,22,38H2,1-3H3,(H,39,42)(H,40,44)/t27-,28?,30?/m0/s1. The summed E-state index contributed by atoms with van der Waals surface area (Å²) in [6.45, 7) is 1.57. The first kappa shape index (κ1) is 38.8. The minimum atomic E-state index is -4.94. The topological polar surface area (TPSA) is 157 Å². The molecule has 0 heterocycles. The second kappa shape index (κ2) is 17.7. The van der Waals surface area contributed by atoms with E-state index in [9.17, 15) is 36.0 Å². The van der Waals surface area contributed by atoms with Gasteiger partial charge >= 0.3 is 18.2 Å². The van der Waals surface area contributed by atoms with E-state index in [0.717, 1.165) is 18.5 Å². The van der Waals surface area contributed by atoms with E-state index in [0.29, 0.717) is 23.2 Å². The molecule has 0 aromatic heterocycles. The van der Waals surface area contributed by atoms with Gasteiger partial charge in [-0.15, -0.1) is 0 Å². The van der Waals surface area contributed by atoms with Gasteiger partial charge in [0.2, 0.25) is 15.9 Å². The number of sulfonamides is 1. The summed E-state index contributed by atoms with van der Waals surface area (Å²) >= 11 is 0. The number of methoxy groups -OCH3 is 2. The fourth-order valence-electron chi connectivity index (χ4n) is 5.43. The molecule has 3 aromatic rings. The van der Waals surface area contributed by atoms with Crippen LogP contribution in [0, 0.1) is 0 Å². The van der Waals surface area contributed by atoms with Gasteiger partial charge in [-0.2, -0.15) is 17.5 Å². The first-order valence-electron chi connectivity index (χ1n) is 15.5. The zero-order chi connectivity index (χ0) is 36.2. The Balaban J connectivity index is 1.91. The second-order valence-corrected chi connectivity index (χ2v) is 13.1. The molecule has 0 radical (unpaired) electrons. The average Bonchev–Trinajstić information content (AvgIpc) is 3.08. The van der Waals surface area contributed by atoms with Crippen molar-refractivity contribution in [3.63, 3.8) is 0 Å². The Morgan fingerprint density at radius 3 is 1.86 bits per heavy atom. The number of nitrogens with zero attached hydrogens (tertiary/aromatic N) is 1. The van der Waals surface area contributed by atoms with E-state index >= 15 is 0 Å². The van der Waals surface area contributed by atoms with Crippen molar-refractivity contribution in [1.29, 1.82) is 0 Å². The van der Waals surface area contributed by atoms with Crippen LogP contribution in [0.1, 0.15) is 49.7 Å².